The fourth-order valence-electron chi connectivity index (χ4n) is 2.41. The average molecular weight is 211 g/mol. The Hall–Kier alpha value is -0.370. The summed E-state index contributed by atoms with van der Waals surface area (Å²) in [5.41, 5.74) is 0. The van der Waals surface area contributed by atoms with E-state index in [1.165, 1.54) is 51.7 Å². The molecule has 15 heavy (non-hydrogen) atoms. The highest BCUT2D eigenvalue weighted by molar-refractivity contribution is 5.75. The van der Waals surface area contributed by atoms with Crippen LogP contribution in [0.3, 0.4) is 0 Å². The lowest BCUT2D eigenvalue weighted by Crippen LogP contribution is -2.34. The van der Waals surface area contributed by atoms with Crippen LogP contribution >= 0.6 is 0 Å². The van der Waals surface area contributed by atoms with Crippen LogP contribution in [0.2, 0.25) is 0 Å². The Morgan fingerprint density at radius 2 is 1.93 bits per heavy atom. The van der Waals surface area contributed by atoms with Crippen LogP contribution < -0.4 is 0 Å². The first-order valence-electron chi connectivity index (χ1n) is 6.44. The molecule has 2 nitrogen and oxygen atoms in total. The van der Waals surface area contributed by atoms with Crippen molar-refractivity contribution in [2.75, 3.05) is 19.6 Å². The Morgan fingerprint density at radius 3 is 2.47 bits per heavy atom. The molecule has 1 rings (SSSR count). The molecular formula is C13H25NO. The number of piperidine rings is 1. The summed E-state index contributed by atoms with van der Waals surface area (Å²) in [6.45, 7) is 7.65. The second-order valence-electron chi connectivity index (χ2n) is 4.90. The number of Topliss-reactive ketones (excluding diaryl/α,β-unsaturated/α-hetero) is 1. The van der Waals surface area contributed by atoms with Crippen molar-refractivity contribution in [1.29, 1.82) is 0 Å². The van der Waals surface area contributed by atoms with Gasteiger partial charge in [-0.25, -0.2) is 0 Å². The minimum Gasteiger partial charge on any atom is -0.303 e. The normalized spacial score (nSPS) is 19.3. The molecule has 1 aliphatic rings. The molecule has 1 aliphatic heterocycles. The molecule has 2 heteroatoms. The zero-order chi connectivity index (χ0) is 11.1. The molecule has 1 saturated heterocycles. The Bertz CT molecular complexity index is 183. The van der Waals surface area contributed by atoms with Crippen LogP contribution in [-0.2, 0) is 4.79 Å². The van der Waals surface area contributed by atoms with Gasteiger partial charge in [-0.2, -0.15) is 0 Å². The zero-order valence-corrected chi connectivity index (χ0v) is 10.3. The van der Waals surface area contributed by atoms with Crippen LogP contribution in [0, 0.1) is 5.92 Å². The van der Waals surface area contributed by atoms with Gasteiger partial charge in [0.1, 0.15) is 5.78 Å². The number of nitrogens with zero attached hydrogens (tertiary/aromatic N) is 1. The fourth-order valence-corrected chi connectivity index (χ4v) is 2.41. The van der Waals surface area contributed by atoms with Crippen molar-refractivity contribution >= 4 is 5.78 Å². The van der Waals surface area contributed by atoms with Crippen LogP contribution in [0.25, 0.3) is 0 Å². The number of ketones is 1. The molecule has 0 aromatic heterocycles. The first kappa shape index (κ1) is 12.7. The summed E-state index contributed by atoms with van der Waals surface area (Å²) in [6.07, 6.45) is 7.27. The van der Waals surface area contributed by atoms with E-state index >= 15 is 0 Å². The largest absolute Gasteiger partial charge is 0.303 e. The third-order valence-corrected chi connectivity index (χ3v) is 3.36. The van der Waals surface area contributed by atoms with Crippen molar-refractivity contribution in [3.63, 3.8) is 0 Å². The van der Waals surface area contributed by atoms with Crippen molar-refractivity contribution in [3.8, 4) is 0 Å². The monoisotopic (exact) mass is 211 g/mol. The second-order valence-corrected chi connectivity index (χ2v) is 4.90. The number of unbranched alkanes of at least 4 members (excludes halogenated alkanes) is 2. The van der Waals surface area contributed by atoms with Crippen LogP contribution in [0.5, 0.6) is 0 Å². The molecule has 0 bridgehead atoms. The van der Waals surface area contributed by atoms with Gasteiger partial charge in [-0.05, 0) is 51.7 Å². The molecule has 88 valence electrons. The number of carbonyl (C=O) groups is 1. The predicted molar refractivity (Wildman–Crippen MR) is 64.0 cm³/mol. The van der Waals surface area contributed by atoms with E-state index in [1.54, 1.807) is 6.92 Å². The molecule has 0 N–H and O–H groups in total. The summed E-state index contributed by atoms with van der Waals surface area (Å²) in [6, 6.07) is 0. The first-order valence-corrected chi connectivity index (χ1v) is 6.44. The van der Waals surface area contributed by atoms with Gasteiger partial charge in [0, 0.05) is 6.42 Å². The van der Waals surface area contributed by atoms with Gasteiger partial charge in [0.15, 0.2) is 0 Å². The standard InChI is InChI=1S/C13H25NO/c1-3-4-5-8-14-9-6-13(7-10-14)11-12(2)15/h13H,3-11H2,1-2H3. The lowest BCUT2D eigenvalue weighted by atomic mass is 9.92. The number of hydrogen-bond acceptors (Lipinski definition) is 2. The first-order chi connectivity index (χ1) is 7.22. The Morgan fingerprint density at radius 1 is 1.27 bits per heavy atom. The summed E-state index contributed by atoms with van der Waals surface area (Å²) in [5.74, 6) is 1.03. The van der Waals surface area contributed by atoms with Gasteiger partial charge in [0.2, 0.25) is 0 Å². The maximum absolute atomic E-state index is 11.0. The molecule has 1 fully saturated rings. The molecular weight excluding hydrogens is 186 g/mol. The number of rotatable bonds is 6. The number of likely N-dealkylation sites (tertiary alicyclic amines) is 1. The Kier molecular flexibility index (Phi) is 5.92. The SMILES string of the molecule is CCCCCN1CCC(CC(C)=O)CC1. The molecule has 0 spiro atoms. The highest BCUT2D eigenvalue weighted by Crippen LogP contribution is 2.20. The van der Waals surface area contributed by atoms with Gasteiger partial charge in [-0.15, -0.1) is 0 Å². The molecule has 0 aromatic carbocycles. The average Bonchev–Trinajstić information content (AvgIpc) is 2.20. The van der Waals surface area contributed by atoms with Crippen molar-refractivity contribution in [2.45, 2.75) is 52.4 Å². The van der Waals surface area contributed by atoms with Crippen molar-refractivity contribution < 1.29 is 4.79 Å². The van der Waals surface area contributed by atoms with Crippen LogP contribution in [0.15, 0.2) is 0 Å². The predicted octanol–water partition coefficient (Wildman–Crippen LogP) is 2.87. The highest BCUT2D eigenvalue weighted by Gasteiger charge is 2.19. The van der Waals surface area contributed by atoms with Crippen LogP contribution in [-0.4, -0.2) is 30.3 Å². The molecule has 0 unspecified atom stereocenters. The minimum absolute atomic E-state index is 0.361. The van der Waals surface area contributed by atoms with E-state index in [9.17, 15) is 4.79 Å². The molecule has 0 aromatic rings. The van der Waals surface area contributed by atoms with Crippen LogP contribution in [0.4, 0.5) is 0 Å². The Balaban J connectivity index is 2.10. The van der Waals surface area contributed by atoms with E-state index in [0.29, 0.717) is 11.7 Å². The molecule has 0 atom stereocenters. The third-order valence-electron chi connectivity index (χ3n) is 3.36. The molecule has 0 aliphatic carbocycles. The summed E-state index contributed by atoms with van der Waals surface area (Å²) in [4.78, 5) is 13.6. The topological polar surface area (TPSA) is 20.3 Å². The van der Waals surface area contributed by atoms with Gasteiger partial charge in [-0.3, -0.25) is 0 Å². The molecule has 1 heterocycles. The maximum Gasteiger partial charge on any atom is 0.130 e. The van der Waals surface area contributed by atoms with Gasteiger partial charge >= 0.3 is 0 Å². The zero-order valence-electron chi connectivity index (χ0n) is 10.3. The summed E-state index contributed by atoms with van der Waals surface area (Å²) in [5, 5.41) is 0. The second kappa shape index (κ2) is 7.00. The van der Waals surface area contributed by atoms with E-state index in [4.69, 9.17) is 0 Å². The van der Waals surface area contributed by atoms with Gasteiger partial charge in [-0.1, -0.05) is 19.8 Å². The van der Waals surface area contributed by atoms with Crippen molar-refractivity contribution in [1.82, 2.24) is 4.90 Å². The van der Waals surface area contributed by atoms with E-state index in [1.807, 2.05) is 0 Å². The smallest absolute Gasteiger partial charge is 0.130 e. The fraction of sp³-hybridized carbons (Fsp3) is 0.923. The maximum atomic E-state index is 11.0. The van der Waals surface area contributed by atoms with Gasteiger partial charge < -0.3 is 9.69 Å². The minimum atomic E-state index is 0.361. The van der Waals surface area contributed by atoms with E-state index in [-0.39, 0.29) is 0 Å². The lowest BCUT2D eigenvalue weighted by molar-refractivity contribution is -0.118. The van der Waals surface area contributed by atoms with Gasteiger partial charge in [0.05, 0.1) is 0 Å². The summed E-state index contributed by atoms with van der Waals surface area (Å²) < 4.78 is 0. The van der Waals surface area contributed by atoms with E-state index in [0.717, 1.165) is 6.42 Å². The summed E-state index contributed by atoms with van der Waals surface area (Å²) >= 11 is 0. The highest BCUT2D eigenvalue weighted by atomic mass is 16.1. The van der Waals surface area contributed by atoms with Crippen LogP contribution in [0.1, 0.15) is 52.4 Å². The molecule has 0 saturated carbocycles. The number of carbonyl (C=O) groups excluding carboxylic acids is 1. The molecule has 0 radical (unpaired) electrons. The van der Waals surface area contributed by atoms with Crippen molar-refractivity contribution in [2.24, 2.45) is 5.92 Å². The summed E-state index contributed by atoms with van der Waals surface area (Å²) in [7, 11) is 0. The van der Waals surface area contributed by atoms with Gasteiger partial charge in [0.25, 0.3) is 0 Å². The van der Waals surface area contributed by atoms with E-state index in [2.05, 4.69) is 11.8 Å². The van der Waals surface area contributed by atoms with Crippen molar-refractivity contribution in [3.05, 3.63) is 0 Å². The van der Waals surface area contributed by atoms with E-state index < -0.39 is 0 Å². The lowest BCUT2D eigenvalue weighted by Gasteiger charge is -2.31. The number of hydrogen-bond donors (Lipinski definition) is 0. The molecule has 0 amide bonds. The third kappa shape index (κ3) is 5.31. The quantitative estimate of drug-likeness (QED) is 0.630. The Labute approximate surface area is 94.0 Å².